The van der Waals surface area contributed by atoms with Crippen molar-refractivity contribution in [3.8, 4) is 0 Å². The highest BCUT2D eigenvalue weighted by molar-refractivity contribution is 7.92. The maximum absolute atomic E-state index is 14.4. The highest BCUT2D eigenvalue weighted by atomic mass is 35.5. The number of likely N-dealkylation sites (N-methyl/N-ethyl adjacent to an activating group) is 1. The Kier molecular flexibility index (Phi) is 10.7. The van der Waals surface area contributed by atoms with Gasteiger partial charge in [-0.15, -0.1) is 0 Å². The van der Waals surface area contributed by atoms with E-state index in [0.717, 1.165) is 9.87 Å². The third-order valence-corrected chi connectivity index (χ3v) is 9.92. The number of nitrogens with one attached hydrogen (secondary N) is 1. The summed E-state index contributed by atoms with van der Waals surface area (Å²) in [7, 11) is -2.77. The predicted molar refractivity (Wildman–Crippen MR) is 172 cm³/mol. The van der Waals surface area contributed by atoms with Crippen molar-refractivity contribution in [2.75, 3.05) is 17.9 Å². The molecule has 0 aliphatic heterocycles. The monoisotopic (exact) mass is 657 g/mol. The second kappa shape index (κ2) is 14.3. The zero-order valence-electron chi connectivity index (χ0n) is 23.5. The first-order chi connectivity index (χ1) is 20.5. The molecule has 0 aliphatic rings. The first-order valence-corrected chi connectivity index (χ1v) is 15.9. The summed E-state index contributed by atoms with van der Waals surface area (Å²) in [5.41, 5.74) is 1.94. The summed E-state index contributed by atoms with van der Waals surface area (Å²) in [6.45, 7) is 0.915. The molecule has 1 atom stereocenters. The molecule has 43 heavy (non-hydrogen) atoms. The Morgan fingerprint density at radius 3 is 1.95 bits per heavy atom. The molecule has 0 saturated carbocycles. The molecule has 1 N–H and O–H groups in total. The van der Waals surface area contributed by atoms with Gasteiger partial charge in [0.1, 0.15) is 12.6 Å². The molecule has 0 spiro atoms. The van der Waals surface area contributed by atoms with Crippen molar-refractivity contribution in [3.05, 3.63) is 129 Å². The molecule has 0 bridgehead atoms. The number of nitrogens with zero attached hydrogens (tertiary/aromatic N) is 2. The highest BCUT2D eigenvalue weighted by Crippen LogP contribution is 2.32. The van der Waals surface area contributed by atoms with Crippen LogP contribution in [-0.4, -0.2) is 44.8 Å². The first-order valence-electron chi connectivity index (χ1n) is 13.4. The summed E-state index contributed by atoms with van der Waals surface area (Å²) >= 11 is 19.4. The van der Waals surface area contributed by atoms with Crippen molar-refractivity contribution >= 4 is 62.3 Å². The summed E-state index contributed by atoms with van der Waals surface area (Å²) in [6.07, 6.45) is 0.163. The van der Waals surface area contributed by atoms with Crippen molar-refractivity contribution in [2.24, 2.45) is 0 Å². The molecule has 7 nitrogen and oxygen atoms in total. The fourth-order valence-corrected chi connectivity index (χ4v) is 6.85. The Morgan fingerprint density at radius 1 is 0.791 bits per heavy atom. The summed E-state index contributed by atoms with van der Waals surface area (Å²) in [5, 5.41) is 3.59. The zero-order chi connectivity index (χ0) is 31.1. The summed E-state index contributed by atoms with van der Waals surface area (Å²) < 4.78 is 29.1. The molecule has 224 valence electrons. The van der Waals surface area contributed by atoms with Crippen LogP contribution >= 0.6 is 34.8 Å². The van der Waals surface area contributed by atoms with Gasteiger partial charge in [0.05, 0.1) is 10.6 Å². The third-order valence-electron chi connectivity index (χ3n) is 7.03. The van der Waals surface area contributed by atoms with Gasteiger partial charge in [0, 0.05) is 40.6 Å². The summed E-state index contributed by atoms with van der Waals surface area (Å²) in [4.78, 5) is 29.1. The molecule has 4 rings (SSSR count). The second-order valence-corrected chi connectivity index (χ2v) is 12.8. The van der Waals surface area contributed by atoms with Gasteiger partial charge in [-0.1, -0.05) is 95.5 Å². The maximum Gasteiger partial charge on any atom is 0.264 e. The fraction of sp³-hybridized carbons (Fsp3) is 0.188. The lowest BCUT2D eigenvalue weighted by Gasteiger charge is -2.34. The summed E-state index contributed by atoms with van der Waals surface area (Å²) in [6, 6.07) is 25.8. The van der Waals surface area contributed by atoms with Gasteiger partial charge in [-0.2, -0.15) is 0 Å². The average molecular weight is 659 g/mol. The van der Waals surface area contributed by atoms with E-state index in [2.05, 4.69) is 5.32 Å². The minimum atomic E-state index is -4.25. The number of amides is 2. The molecule has 0 aromatic heterocycles. The molecular formula is C32H30Cl3N3O4S. The molecule has 4 aromatic carbocycles. The number of anilines is 1. The Morgan fingerprint density at radius 2 is 1.35 bits per heavy atom. The van der Waals surface area contributed by atoms with E-state index >= 15 is 0 Å². The molecule has 0 heterocycles. The zero-order valence-corrected chi connectivity index (χ0v) is 26.6. The van der Waals surface area contributed by atoms with Crippen LogP contribution in [0.2, 0.25) is 15.1 Å². The number of carbonyl (C=O) groups excluding carboxylic acids is 2. The molecule has 4 aromatic rings. The molecular weight excluding hydrogens is 629 g/mol. The molecule has 0 fully saturated rings. The second-order valence-electron chi connectivity index (χ2n) is 9.75. The van der Waals surface area contributed by atoms with E-state index in [0.29, 0.717) is 26.2 Å². The lowest BCUT2D eigenvalue weighted by atomic mass is 10.0. The van der Waals surface area contributed by atoms with Crippen molar-refractivity contribution in [3.63, 3.8) is 0 Å². The van der Waals surface area contributed by atoms with Gasteiger partial charge >= 0.3 is 0 Å². The van der Waals surface area contributed by atoms with Gasteiger partial charge in [-0.25, -0.2) is 8.42 Å². The van der Waals surface area contributed by atoms with Crippen LogP contribution < -0.4 is 9.62 Å². The number of sulfonamides is 1. The van der Waals surface area contributed by atoms with Gasteiger partial charge in [-0.05, 0) is 54.4 Å². The van der Waals surface area contributed by atoms with Crippen molar-refractivity contribution in [1.29, 1.82) is 0 Å². The minimum absolute atomic E-state index is 0.00462. The number of rotatable bonds is 11. The topological polar surface area (TPSA) is 86.8 Å². The van der Waals surface area contributed by atoms with E-state index in [4.69, 9.17) is 34.8 Å². The van der Waals surface area contributed by atoms with Crippen LogP contribution in [0.1, 0.15) is 16.7 Å². The number of hydrogen-bond acceptors (Lipinski definition) is 4. The van der Waals surface area contributed by atoms with Gasteiger partial charge in [-0.3, -0.25) is 13.9 Å². The first kappa shape index (κ1) is 32.4. The van der Waals surface area contributed by atoms with E-state index < -0.39 is 34.4 Å². The largest absolute Gasteiger partial charge is 0.357 e. The lowest BCUT2D eigenvalue weighted by Crippen LogP contribution is -2.53. The maximum atomic E-state index is 14.4. The Balaban J connectivity index is 1.85. The standard InChI is InChI=1S/C32H30Cl3N3O4S/c1-22-26(33)15-10-18-29(22)38(43(41,42)24-13-7-4-8-14-24)21-31(39)37(20-25-27(34)16-9-17-28(25)35)30(32(40)36-2)19-23-11-5-3-6-12-23/h3-18,30H,19-21H2,1-2H3,(H,36,40)/t30-/m1/s1. The molecule has 0 unspecified atom stereocenters. The Bertz CT molecular complexity index is 1680. The van der Waals surface area contributed by atoms with E-state index in [1.165, 1.54) is 24.1 Å². The number of carbonyl (C=O) groups is 2. The van der Waals surface area contributed by atoms with Gasteiger partial charge in [0.25, 0.3) is 10.0 Å². The Labute approximate surface area is 267 Å². The molecule has 0 aliphatic carbocycles. The van der Waals surface area contributed by atoms with Crippen molar-refractivity contribution < 1.29 is 18.0 Å². The smallest absolute Gasteiger partial charge is 0.264 e. The van der Waals surface area contributed by atoms with Gasteiger partial charge < -0.3 is 10.2 Å². The van der Waals surface area contributed by atoms with Gasteiger partial charge in [0.15, 0.2) is 0 Å². The van der Waals surface area contributed by atoms with Gasteiger partial charge in [0.2, 0.25) is 11.8 Å². The van der Waals surface area contributed by atoms with E-state index in [-0.39, 0.29) is 23.5 Å². The van der Waals surface area contributed by atoms with Crippen LogP contribution in [-0.2, 0) is 32.6 Å². The molecule has 2 amide bonds. The van der Waals surface area contributed by atoms with E-state index in [9.17, 15) is 18.0 Å². The van der Waals surface area contributed by atoms with Crippen LogP contribution in [0, 0.1) is 6.92 Å². The summed E-state index contributed by atoms with van der Waals surface area (Å²) in [5.74, 6) is -1.07. The Hall–Kier alpha value is -3.56. The van der Waals surface area contributed by atoms with Crippen LogP contribution in [0.15, 0.2) is 102 Å². The fourth-order valence-electron chi connectivity index (χ4n) is 4.67. The normalized spacial score (nSPS) is 11.9. The van der Waals surface area contributed by atoms with Crippen LogP contribution in [0.4, 0.5) is 5.69 Å². The van der Waals surface area contributed by atoms with Crippen molar-refractivity contribution in [1.82, 2.24) is 10.2 Å². The third kappa shape index (κ3) is 7.51. The average Bonchev–Trinajstić information content (AvgIpc) is 3.01. The van der Waals surface area contributed by atoms with Crippen LogP contribution in [0.5, 0.6) is 0 Å². The number of benzene rings is 4. The number of hydrogen-bond donors (Lipinski definition) is 1. The molecule has 11 heteroatoms. The lowest BCUT2D eigenvalue weighted by molar-refractivity contribution is -0.139. The number of halogens is 3. The van der Waals surface area contributed by atoms with E-state index in [1.807, 2.05) is 30.3 Å². The van der Waals surface area contributed by atoms with Crippen molar-refractivity contribution in [2.45, 2.75) is 30.8 Å². The van der Waals surface area contributed by atoms with Crippen LogP contribution in [0.3, 0.4) is 0 Å². The quantitative estimate of drug-likeness (QED) is 0.198. The molecule has 0 saturated heterocycles. The minimum Gasteiger partial charge on any atom is -0.357 e. The highest BCUT2D eigenvalue weighted by Gasteiger charge is 2.35. The van der Waals surface area contributed by atoms with Crippen LogP contribution in [0.25, 0.3) is 0 Å². The SMILES string of the molecule is CNC(=O)[C@@H](Cc1ccccc1)N(Cc1c(Cl)cccc1Cl)C(=O)CN(c1cccc(Cl)c1C)S(=O)(=O)c1ccccc1. The molecule has 0 radical (unpaired) electrons. The van der Waals surface area contributed by atoms with E-state index in [1.54, 1.807) is 61.5 Å². The predicted octanol–water partition coefficient (Wildman–Crippen LogP) is 6.54.